The molecule has 55 heavy (non-hydrogen) atoms. The average Bonchev–Trinajstić information content (AvgIpc) is 3.62. The number of nitrogens with zero attached hydrogens (tertiary/aromatic N) is 4. The average molecular weight is 778 g/mol. The fraction of sp³-hybridized carbons (Fsp3) is 0.524. The molecule has 7 rings (SSSR count). The normalized spacial score (nSPS) is 23.0. The summed E-state index contributed by atoms with van der Waals surface area (Å²) in [6.45, 7) is 5.01. The summed E-state index contributed by atoms with van der Waals surface area (Å²) in [7, 11) is 0.863. The molecule has 3 aromatic carbocycles. The Morgan fingerprint density at radius 1 is 0.891 bits per heavy atom. The third-order valence-corrected chi connectivity index (χ3v) is 14.3. The summed E-state index contributed by atoms with van der Waals surface area (Å²) in [5.74, 6) is -0.134. The predicted octanol–water partition coefficient (Wildman–Crippen LogP) is 5.77. The molecule has 3 aliphatic heterocycles. The van der Waals surface area contributed by atoms with E-state index in [0.29, 0.717) is 12.1 Å². The lowest BCUT2D eigenvalue weighted by atomic mass is 9.57. The number of piperidine rings is 1. The molecule has 0 unspecified atom stereocenters. The van der Waals surface area contributed by atoms with Crippen LogP contribution < -0.4 is 10.2 Å². The molecule has 3 atom stereocenters. The number of hydrogen-bond donors (Lipinski definition) is 1. The van der Waals surface area contributed by atoms with E-state index in [1.54, 1.807) is 50.5 Å². The summed E-state index contributed by atoms with van der Waals surface area (Å²) >= 11 is 0. The highest BCUT2D eigenvalue weighted by Gasteiger charge is 2.54. The number of amides is 2. The molecule has 296 valence electrons. The standard InChI is InChI=1S/C42H53F2N5O5S/c1-46(2)39(50)30-11-15-35(16-12-30)55(52,53)36-17-13-34(14-18-36)49-27-41(44,28-49)26-48-23-19-31(20-24-48)42(29-47-21-6-22-47,32-7-4-8-33(43)25-32)37-9-5-10-38(37)45-40(51)54-3/h4,7-8,11-18,25,31,37-38H,5-6,9-10,19-24,26-29H2,1-3H3,(H,45,51)/t37-,38-,42-/m0/s1. The summed E-state index contributed by atoms with van der Waals surface area (Å²) in [5, 5.41) is 3.14. The Kier molecular flexibility index (Phi) is 11.3. The van der Waals surface area contributed by atoms with Crippen molar-refractivity contribution in [2.45, 2.75) is 65.4 Å². The molecule has 3 heterocycles. The Morgan fingerprint density at radius 3 is 2.13 bits per heavy atom. The molecular formula is C42H53F2N5O5S. The molecule has 0 aromatic heterocycles. The van der Waals surface area contributed by atoms with Crippen molar-refractivity contribution in [1.29, 1.82) is 0 Å². The van der Waals surface area contributed by atoms with Crippen LogP contribution in [0.2, 0.25) is 0 Å². The third kappa shape index (κ3) is 7.97. The maximum Gasteiger partial charge on any atom is 0.407 e. The quantitative estimate of drug-likeness (QED) is 0.248. The number of likely N-dealkylation sites (tertiary alicyclic amines) is 2. The molecule has 0 radical (unpaired) electrons. The second kappa shape index (κ2) is 15.8. The van der Waals surface area contributed by atoms with Crippen molar-refractivity contribution >= 4 is 27.5 Å². The van der Waals surface area contributed by atoms with Gasteiger partial charge in [-0.15, -0.1) is 0 Å². The fourth-order valence-corrected chi connectivity index (χ4v) is 10.9. The molecule has 3 aromatic rings. The van der Waals surface area contributed by atoms with E-state index in [1.165, 1.54) is 42.3 Å². The van der Waals surface area contributed by atoms with E-state index in [4.69, 9.17) is 4.74 Å². The van der Waals surface area contributed by atoms with Crippen molar-refractivity contribution in [2.75, 3.05) is 78.5 Å². The van der Waals surface area contributed by atoms with Gasteiger partial charge in [0.1, 0.15) is 5.82 Å². The van der Waals surface area contributed by atoms with Gasteiger partial charge in [0.15, 0.2) is 5.67 Å². The minimum atomic E-state index is -3.80. The highest BCUT2D eigenvalue weighted by atomic mass is 32.2. The van der Waals surface area contributed by atoms with Gasteiger partial charge >= 0.3 is 6.09 Å². The number of ether oxygens (including phenoxy) is 1. The fourth-order valence-electron chi connectivity index (χ4n) is 9.67. The first kappa shape index (κ1) is 39.2. The van der Waals surface area contributed by atoms with Crippen LogP contribution in [0.25, 0.3) is 0 Å². The van der Waals surface area contributed by atoms with E-state index in [9.17, 15) is 22.4 Å². The molecule has 0 spiro atoms. The van der Waals surface area contributed by atoms with Gasteiger partial charge in [-0.05, 0) is 136 Å². The first-order valence-corrected chi connectivity index (χ1v) is 21.0. The second-order valence-electron chi connectivity index (χ2n) is 16.2. The first-order valence-electron chi connectivity index (χ1n) is 19.5. The number of benzene rings is 3. The Hall–Kier alpha value is -4.07. The third-order valence-electron chi connectivity index (χ3n) is 12.6. The van der Waals surface area contributed by atoms with Gasteiger partial charge in [-0.3, -0.25) is 9.69 Å². The SMILES string of the molecule is COC(=O)N[C@H]1CCC[C@@H]1[C@](CN1CCC1)(c1cccc(F)c1)C1CCN(CC2(F)CN(c3ccc(S(=O)(=O)c4ccc(C(=O)N(C)C)cc4)cc3)C2)CC1. The molecule has 3 saturated heterocycles. The molecular weight excluding hydrogens is 725 g/mol. The predicted molar refractivity (Wildman–Crippen MR) is 207 cm³/mol. The van der Waals surface area contributed by atoms with Gasteiger partial charge < -0.3 is 24.8 Å². The van der Waals surface area contributed by atoms with Gasteiger partial charge in [0.2, 0.25) is 9.84 Å². The number of anilines is 1. The number of carbonyl (C=O) groups is 2. The first-order chi connectivity index (χ1) is 26.3. The van der Waals surface area contributed by atoms with Crippen LogP contribution >= 0.6 is 0 Å². The molecule has 1 aliphatic carbocycles. The van der Waals surface area contributed by atoms with Gasteiger partial charge in [0, 0.05) is 49.9 Å². The Morgan fingerprint density at radius 2 is 1.55 bits per heavy atom. The van der Waals surface area contributed by atoms with Gasteiger partial charge in [0.05, 0.1) is 30.0 Å². The van der Waals surface area contributed by atoms with E-state index in [1.807, 2.05) is 4.90 Å². The van der Waals surface area contributed by atoms with Crippen molar-refractivity contribution in [3.8, 4) is 0 Å². The van der Waals surface area contributed by atoms with E-state index in [0.717, 1.165) is 82.5 Å². The Balaban J connectivity index is 1.01. The number of methoxy groups -OCH3 is 1. The van der Waals surface area contributed by atoms with Gasteiger partial charge in [-0.1, -0.05) is 18.6 Å². The smallest absolute Gasteiger partial charge is 0.407 e. The number of rotatable bonds is 12. The Labute approximate surface area is 323 Å². The maximum absolute atomic E-state index is 16.3. The van der Waals surface area contributed by atoms with Gasteiger partial charge in [0.25, 0.3) is 5.91 Å². The second-order valence-corrected chi connectivity index (χ2v) is 18.2. The summed E-state index contributed by atoms with van der Waals surface area (Å²) in [5.41, 5.74) is 0.372. The van der Waals surface area contributed by atoms with Crippen molar-refractivity contribution < 1.29 is 31.5 Å². The van der Waals surface area contributed by atoms with Crippen molar-refractivity contribution in [1.82, 2.24) is 20.0 Å². The molecule has 4 fully saturated rings. The largest absolute Gasteiger partial charge is 0.453 e. The van der Waals surface area contributed by atoms with Crippen LogP contribution in [0.5, 0.6) is 0 Å². The zero-order valence-corrected chi connectivity index (χ0v) is 32.9. The molecule has 4 aliphatic rings. The number of hydrogen-bond acceptors (Lipinski definition) is 8. The lowest BCUT2D eigenvalue weighted by molar-refractivity contribution is 0.00584. The van der Waals surface area contributed by atoms with Crippen LogP contribution in [0.1, 0.15) is 54.4 Å². The number of carbonyl (C=O) groups excluding carboxylic acids is 2. The number of halogens is 2. The monoisotopic (exact) mass is 777 g/mol. The topological polar surface area (TPSA) is 102 Å². The summed E-state index contributed by atoms with van der Waals surface area (Å²) in [4.78, 5) is 33.0. The highest BCUT2D eigenvalue weighted by molar-refractivity contribution is 7.91. The summed E-state index contributed by atoms with van der Waals surface area (Å²) in [6.07, 6.45) is 5.15. The molecule has 1 N–H and O–H groups in total. The number of alkyl halides is 1. The van der Waals surface area contributed by atoms with Crippen LogP contribution in [0.15, 0.2) is 82.6 Å². The van der Waals surface area contributed by atoms with Crippen molar-refractivity contribution in [3.63, 3.8) is 0 Å². The number of alkyl carbamates (subject to hydrolysis) is 1. The van der Waals surface area contributed by atoms with Crippen molar-refractivity contribution in [2.24, 2.45) is 11.8 Å². The van der Waals surface area contributed by atoms with Crippen molar-refractivity contribution in [3.05, 3.63) is 89.7 Å². The molecule has 0 bridgehead atoms. The van der Waals surface area contributed by atoms with Crippen LogP contribution in [0.3, 0.4) is 0 Å². The summed E-state index contributed by atoms with van der Waals surface area (Å²) < 4.78 is 62.9. The van der Waals surface area contributed by atoms with Crippen LogP contribution in [0, 0.1) is 17.7 Å². The van der Waals surface area contributed by atoms with E-state index < -0.39 is 21.6 Å². The molecule has 1 saturated carbocycles. The number of sulfone groups is 1. The zero-order chi connectivity index (χ0) is 39.0. The Bertz CT molecular complexity index is 1950. The zero-order valence-electron chi connectivity index (χ0n) is 32.1. The lowest BCUT2D eigenvalue weighted by Gasteiger charge is -2.54. The lowest BCUT2D eigenvalue weighted by Crippen LogP contribution is -2.65. The van der Waals surface area contributed by atoms with Crippen LogP contribution in [0.4, 0.5) is 19.3 Å². The molecule has 10 nitrogen and oxygen atoms in total. The molecule has 13 heteroatoms. The summed E-state index contributed by atoms with van der Waals surface area (Å²) in [6, 6.07) is 19.4. The van der Waals surface area contributed by atoms with Crippen LogP contribution in [-0.4, -0.2) is 120 Å². The van der Waals surface area contributed by atoms with E-state index in [-0.39, 0.29) is 57.9 Å². The minimum absolute atomic E-state index is 0.0779. The van der Waals surface area contributed by atoms with E-state index in [2.05, 4.69) is 21.2 Å². The highest BCUT2D eigenvalue weighted by Crippen LogP contribution is 2.51. The van der Waals surface area contributed by atoms with E-state index >= 15 is 4.39 Å². The molecule has 2 amide bonds. The maximum atomic E-state index is 16.3. The number of nitrogens with one attached hydrogen (secondary N) is 1. The van der Waals surface area contributed by atoms with Gasteiger partial charge in [-0.2, -0.15) is 0 Å². The van der Waals surface area contributed by atoms with Crippen LogP contribution in [-0.2, 0) is 20.0 Å². The van der Waals surface area contributed by atoms with Gasteiger partial charge in [-0.25, -0.2) is 22.0 Å². The minimum Gasteiger partial charge on any atom is -0.453 e.